The van der Waals surface area contributed by atoms with Crippen LogP contribution in [0.3, 0.4) is 0 Å². The van der Waals surface area contributed by atoms with Crippen LogP contribution in [-0.4, -0.2) is 15.9 Å². The van der Waals surface area contributed by atoms with Crippen LogP contribution in [0.25, 0.3) is 0 Å². The molecule has 0 radical (unpaired) electrons. The van der Waals surface area contributed by atoms with E-state index in [1.807, 2.05) is 12.3 Å². The van der Waals surface area contributed by atoms with Crippen molar-refractivity contribution < 1.29 is 0 Å². The van der Waals surface area contributed by atoms with Crippen molar-refractivity contribution in [2.45, 2.75) is 33.0 Å². The number of aromatic nitrogens is 1. The molecule has 0 saturated carbocycles. The van der Waals surface area contributed by atoms with Crippen LogP contribution in [0.15, 0.2) is 36.5 Å². The molecule has 0 aliphatic heterocycles. The number of hydrogen-bond acceptors (Lipinski definition) is 3. The number of halogens is 1. The summed E-state index contributed by atoms with van der Waals surface area (Å²) in [6.07, 6.45) is 1.87. The van der Waals surface area contributed by atoms with Crippen LogP contribution in [0.5, 0.6) is 0 Å². The van der Waals surface area contributed by atoms with E-state index in [9.17, 15) is 0 Å². The molecule has 4 heteroatoms. The van der Waals surface area contributed by atoms with Gasteiger partial charge in [0, 0.05) is 30.2 Å². The highest BCUT2D eigenvalue weighted by atomic mass is 35.5. The Labute approximate surface area is 117 Å². The highest BCUT2D eigenvalue weighted by Crippen LogP contribution is 2.21. The molecule has 0 saturated heterocycles. The maximum Gasteiger partial charge on any atom is 0.183 e. The average Bonchev–Trinajstić information content (AvgIpc) is 2.75. The van der Waals surface area contributed by atoms with Crippen molar-refractivity contribution in [1.29, 1.82) is 0 Å². The molecule has 0 spiro atoms. The molecule has 0 bridgehead atoms. The van der Waals surface area contributed by atoms with E-state index >= 15 is 0 Å². The van der Waals surface area contributed by atoms with E-state index in [4.69, 9.17) is 11.6 Å². The molecule has 2 rings (SSSR count). The lowest BCUT2D eigenvalue weighted by Gasteiger charge is -2.25. The quantitative estimate of drug-likeness (QED) is 0.816. The van der Waals surface area contributed by atoms with Gasteiger partial charge in [-0.2, -0.15) is 0 Å². The zero-order valence-electron chi connectivity index (χ0n) is 10.6. The monoisotopic (exact) mass is 280 g/mol. The van der Waals surface area contributed by atoms with Gasteiger partial charge in [0.2, 0.25) is 0 Å². The van der Waals surface area contributed by atoms with E-state index in [0.29, 0.717) is 10.5 Å². The summed E-state index contributed by atoms with van der Waals surface area (Å²) >= 11 is 7.43. The van der Waals surface area contributed by atoms with E-state index in [1.54, 1.807) is 11.3 Å². The lowest BCUT2D eigenvalue weighted by molar-refractivity contribution is 0.205. The van der Waals surface area contributed by atoms with Crippen LogP contribution in [0.1, 0.15) is 24.3 Å². The summed E-state index contributed by atoms with van der Waals surface area (Å²) in [6, 6.07) is 11.0. The van der Waals surface area contributed by atoms with Crippen molar-refractivity contribution in [3.05, 3.63) is 51.4 Å². The summed E-state index contributed by atoms with van der Waals surface area (Å²) < 4.78 is 0.619. The fourth-order valence-electron chi connectivity index (χ4n) is 1.80. The summed E-state index contributed by atoms with van der Waals surface area (Å²) in [4.78, 5) is 7.72. The lowest BCUT2D eigenvalue weighted by atomic mass is 10.2. The molecule has 0 N–H and O–H groups in total. The van der Waals surface area contributed by atoms with Crippen LogP contribution < -0.4 is 0 Å². The Morgan fingerprint density at radius 1 is 1.22 bits per heavy atom. The number of hydrogen-bond donors (Lipinski definition) is 0. The van der Waals surface area contributed by atoms with Crippen molar-refractivity contribution in [3.63, 3.8) is 0 Å². The first-order valence-corrected chi connectivity index (χ1v) is 7.23. The Kier molecular flexibility index (Phi) is 4.75. The topological polar surface area (TPSA) is 16.1 Å². The fourth-order valence-corrected chi connectivity index (χ4v) is 2.80. The van der Waals surface area contributed by atoms with E-state index in [0.717, 1.165) is 13.1 Å². The molecule has 96 valence electrons. The molecular formula is C14H17ClN2S. The van der Waals surface area contributed by atoms with Gasteiger partial charge < -0.3 is 0 Å². The molecule has 18 heavy (non-hydrogen) atoms. The third-order valence-electron chi connectivity index (χ3n) is 2.84. The maximum atomic E-state index is 5.87. The summed E-state index contributed by atoms with van der Waals surface area (Å²) in [7, 11) is 0. The highest BCUT2D eigenvalue weighted by Gasteiger charge is 2.12. The zero-order valence-corrected chi connectivity index (χ0v) is 12.2. The van der Waals surface area contributed by atoms with Crippen LogP contribution in [0.2, 0.25) is 4.47 Å². The predicted molar refractivity (Wildman–Crippen MR) is 77.9 cm³/mol. The van der Waals surface area contributed by atoms with Crippen molar-refractivity contribution in [1.82, 2.24) is 9.88 Å². The number of rotatable bonds is 5. The Bertz CT molecular complexity index is 482. The first-order chi connectivity index (χ1) is 8.65. The smallest absolute Gasteiger partial charge is 0.183 e. The molecule has 0 amide bonds. The molecule has 0 aliphatic rings. The van der Waals surface area contributed by atoms with Gasteiger partial charge in [-0.3, -0.25) is 4.90 Å². The van der Waals surface area contributed by atoms with Gasteiger partial charge in [0.15, 0.2) is 4.47 Å². The normalized spacial score (nSPS) is 11.4. The van der Waals surface area contributed by atoms with Gasteiger partial charge in [0.1, 0.15) is 0 Å². The second kappa shape index (κ2) is 6.32. The summed E-state index contributed by atoms with van der Waals surface area (Å²) in [5.41, 5.74) is 1.34. The molecule has 0 unspecified atom stereocenters. The third kappa shape index (κ3) is 3.80. The van der Waals surface area contributed by atoms with E-state index in [2.05, 4.69) is 48.0 Å². The second-order valence-corrected chi connectivity index (χ2v) is 6.26. The molecule has 0 fully saturated rings. The molecule has 2 aromatic rings. The first kappa shape index (κ1) is 13.5. The largest absolute Gasteiger partial charge is 0.292 e. The number of nitrogens with zero attached hydrogens (tertiary/aromatic N) is 2. The molecule has 1 heterocycles. The summed E-state index contributed by atoms with van der Waals surface area (Å²) in [6.45, 7) is 6.28. The summed E-state index contributed by atoms with van der Waals surface area (Å²) in [5, 5.41) is 0. The number of thiazole rings is 1. The van der Waals surface area contributed by atoms with Crippen molar-refractivity contribution >= 4 is 22.9 Å². The van der Waals surface area contributed by atoms with Crippen LogP contribution >= 0.6 is 22.9 Å². The Morgan fingerprint density at radius 3 is 2.50 bits per heavy atom. The van der Waals surface area contributed by atoms with Crippen LogP contribution in [-0.2, 0) is 13.1 Å². The van der Waals surface area contributed by atoms with Gasteiger partial charge in [-0.25, -0.2) is 4.98 Å². The van der Waals surface area contributed by atoms with E-state index in [-0.39, 0.29) is 0 Å². The Hall–Kier alpha value is -0.900. The first-order valence-electron chi connectivity index (χ1n) is 6.03. The van der Waals surface area contributed by atoms with E-state index in [1.165, 1.54) is 10.4 Å². The minimum atomic E-state index is 0.492. The van der Waals surface area contributed by atoms with Gasteiger partial charge in [-0.05, 0) is 19.4 Å². The van der Waals surface area contributed by atoms with Gasteiger partial charge >= 0.3 is 0 Å². The Morgan fingerprint density at radius 2 is 1.94 bits per heavy atom. The van der Waals surface area contributed by atoms with Crippen molar-refractivity contribution in [2.75, 3.05) is 0 Å². The Balaban J connectivity index is 2.05. The van der Waals surface area contributed by atoms with Gasteiger partial charge in [-0.15, -0.1) is 11.3 Å². The predicted octanol–water partition coefficient (Wildman–Crippen LogP) is 4.21. The maximum absolute atomic E-state index is 5.87. The van der Waals surface area contributed by atoms with Crippen molar-refractivity contribution in [2.24, 2.45) is 0 Å². The van der Waals surface area contributed by atoms with Gasteiger partial charge in [0.05, 0.1) is 0 Å². The highest BCUT2D eigenvalue weighted by molar-refractivity contribution is 7.15. The van der Waals surface area contributed by atoms with Crippen LogP contribution in [0, 0.1) is 0 Å². The summed E-state index contributed by atoms with van der Waals surface area (Å²) in [5.74, 6) is 0. The minimum Gasteiger partial charge on any atom is -0.292 e. The molecule has 1 aromatic carbocycles. The molecule has 2 nitrogen and oxygen atoms in total. The molecular weight excluding hydrogens is 264 g/mol. The molecule has 1 aromatic heterocycles. The standard InChI is InChI=1S/C14H17ClN2S/c1-11(2)17(9-12-6-4-3-5-7-12)10-13-8-16-14(15)18-13/h3-8,11H,9-10H2,1-2H3. The second-order valence-electron chi connectivity index (χ2n) is 4.56. The van der Waals surface area contributed by atoms with Crippen molar-refractivity contribution in [3.8, 4) is 0 Å². The van der Waals surface area contributed by atoms with Gasteiger partial charge in [0.25, 0.3) is 0 Å². The number of benzene rings is 1. The minimum absolute atomic E-state index is 0.492. The SMILES string of the molecule is CC(C)N(Cc1ccccc1)Cc1cnc(Cl)s1. The molecule has 0 atom stereocenters. The van der Waals surface area contributed by atoms with E-state index < -0.39 is 0 Å². The van der Waals surface area contributed by atoms with Gasteiger partial charge in [-0.1, -0.05) is 41.9 Å². The fraction of sp³-hybridized carbons (Fsp3) is 0.357. The average molecular weight is 281 g/mol. The zero-order chi connectivity index (χ0) is 13.0. The van der Waals surface area contributed by atoms with Crippen LogP contribution in [0.4, 0.5) is 0 Å². The third-order valence-corrected chi connectivity index (χ3v) is 3.94. The molecule has 0 aliphatic carbocycles. The lowest BCUT2D eigenvalue weighted by Crippen LogP contribution is -2.29.